The molecule has 0 N–H and O–H groups in total. The van der Waals surface area contributed by atoms with Gasteiger partial charge in [0.25, 0.3) is 0 Å². The second kappa shape index (κ2) is 6.96. The van der Waals surface area contributed by atoms with Gasteiger partial charge in [-0.1, -0.05) is 41.6 Å². The molecule has 0 saturated carbocycles. The molecule has 0 fully saturated rings. The number of fused-ring (bicyclic) bond motifs is 1. The van der Waals surface area contributed by atoms with Crippen LogP contribution in [-0.2, 0) is 4.43 Å². The summed E-state index contributed by atoms with van der Waals surface area (Å²) >= 11 is 2.32. The minimum atomic E-state index is 0.276. The van der Waals surface area contributed by atoms with Gasteiger partial charge in [-0.05, 0) is 12.1 Å². The molecule has 0 spiro atoms. The molecule has 0 amide bonds. The van der Waals surface area contributed by atoms with Gasteiger partial charge in [0.2, 0.25) is 0 Å². The van der Waals surface area contributed by atoms with Crippen molar-refractivity contribution in [2.75, 3.05) is 14.2 Å². The van der Waals surface area contributed by atoms with E-state index in [-0.39, 0.29) is 5.92 Å². The molecule has 0 saturated heterocycles. The van der Waals surface area contributed by atoms with E-state index in [2.05, 4.69) is 41.6 Å². The molecule has 2 heterocycles. The van der Waals surface area contributed by atoms with Gasteiger partial charge in [-0.25, -0.2) is 4.98 Å². The summed E-state index contributed by atoms with van der Waals surface area (Å²) in [4.78, 5) is 4.82. The molecular formula is C18H19IN2O3. The summed E-state index contributed by atoms with van der Waals surface area (Å²) in [5.74, 6) is 2.70. The minimum absolute atomic E-state index is 0.276. The molecule has 0 unspecified atom stereocenters. The topological polar surface area (TPSA) is 57.4 Å². The lowest BCUT2D eigenvalue weighted by Crippen LogP contribution is -1.97. The fourth-order valence-corrected chi connectivity index (χ4v) is 3.34. The van der Waals surface area contributed by atoms with E-state index in [0.29, 0.717) is 5.69 Å². The van der Waals surface area contributed by atoms with Gasteiger partial charge < -0.3 is 14.0 Å². The third-order valence-electron chi connectivity index (χ3n) is 3.94. The van der Waals surface area contributed by atoms with Crippen LogP contribution in [0, 0.1) is 0 Å². The molecule has 6 heteroatoms. The van der Waals surface area contributed by atoms with Crippen molar-refractivity contribution in [3.05, 3.63) is 35.6 Å². The second-order valence-corrected chi connectivity index (χ2v) is 6.52. The summed E-state index contributed by atoms with van der Waals surface area (Å²) in [5, 5.41) is 5.12. The highest BCUT2D eigenvalue weighted by Crippen LogP contribution is 2.36. The lowest BCUT2D eigenvalue weighted by atomic mass is 10.1. The van der Waals surface area contributed by atoms with Gasteiger partial charge in [0.05, 0.1) is 25.4 Å². The Morgan fingerprint density at radius 2 is 1.83 bits per heavy atom. The molecule has 126 valence electrons. The first-order valence-electron chi connectivity index (χ1n) is 7.66. The van der Waals surface area contributed by atoms with Gasteiger partial charge in [0.15, 0.2) is 0 Å². The van der Waals surface area contributed by atoms with E-state index in [9.17, 15) is 0 Å². The second-order valence-electron chi connectivity index (χ2n) is 5.76. The Bertz CT molecular complexity index is 874. The largest absolute Gasteiger partial charge is 0.496 e. The Hall–Kier alpha value is -1.83. The summed E-state index contributed by atoms with van der Waals surface area (Å²) in [6.07, 6.45) is 0. The van der Waals surface area contributed by atoms with E-state index in [1.807, 2.05) is 24.3 Å². The van der Waals surface area contributed by atoms with Crippen molar-refractivity contribution < 1.29 is 14.0 Å². The average Bonchev–Trinajstić information content (AvgIpc) is 3.09. The molecule has 0 aliphatic heterocycles. The summed E-state index contributed by atoms with van der Waals surface area (Å²) in [5.41, 5.74) is 3.35. The number of ether oxygens (including phenoxy) is 2. The van der Waals surface area contributed by atoms with Crippen LogP contribution in [0.4, 0.5) is 0 Å². The molecule has 0 aliphatic rings. The Labute approximate surface area is 154 Å². The quantitative estimate of drug-likeness (QED) is 0.416. The molecule has 0 atom stereocenters. The fourth-order valence-electron chi connectivity index (χ4n) is 2.60. The number of halogens is 1. The first-order valence-corrected chi connectivity index (χ1v) is 9.19. The molecular weight excluding hydrogens is 419 g/mol. The summed E-state index contributed by atoms with van der Waals surface area (Å²) in [7, 11) is 3.33. The van der Waals surface area contributed by atoms with Crippen molar-refractivity contribution in [3.63, 3.8) is 0 Å². The van der Waals surface area contributed by atoms with Gasteiger partial charge in [-0.15, -0.1) is 0 Å². The average molecular weight is 438 g/mol. The van der Waals surface area contributed by atoms with E-state index in [0.717, 1.165) is 43.8 Å². The standard InChI is InChI=1S/C18H19IN2O3/c1-10(2)16-8-14(21-24-16)13-7-17(23-4)11-5-6-15(22-3)12(9-19)18(11)20-13/h5-8,10H,9H2,1-4H3. The zero-order chi connectivity index (χ0) is 17.3. The molecule has 1 aromatic carbocycles. The van der Waals surface area contributed by atoms with E-state index < -0.39 is 0 Å². The molecule has 3 rings (SSSR count). The van der Waals surface area contributed by atoms with E-state index in [4.69, 9.17) is 19.0 Å². The van der Waals surface area contributed by atoms with E-state index in [1.54, 1.807) is 14.2 Å². The van der Waals surface area contributed by atoms with Crippen LogP contribution >= 0.6 is 22.6 Å². The smallest absolute Gasteiger partial charge is 0.139 e. The Morgan fingerprint density at radius 1 is 1.08 bits per heavy atom. The predicted octanol–water partition coefficient (Wildman–Crippen LogP) is 4.97. The number of rotatable bonds is 5. The van der Waals surface area contributed by atoms with Crippen LogP contribution in [0.1, 0.15) is 31.1 Å². The molecule has 24 heavy (non-hydrogen) atoms. The maximum absolute atomic E-state index is 5.58. The first kappa shape index (κ1) is 17.0. The number of alkyl halides is 1. The maximum atomic E-state index is 5.58. The normalized spacial score (nSPS) is 11.2. The lowest BCUT2D eigenvalue weighted by Gasteiger charge is -2.13. The SMILES string of the molecule is COc1ccc2c(OC)cc(-c3cc(C(C)C)on3)nc2c1CI. The number of hydrogen-bond acceptors (Lipinski definition) is 5. The zero-order valence-electron chi connectivity index (χ0n) is 14.1. The molecule has 5 nitrogen and oxygen atoms in total. The Kier molecular flexibility index (Phi) is 4.93. The lowest BCUT2D eigenvalue weighted by molar-refractivity contribution is 0.373. The predicted molar refractivity (Wildman–Crippen MR) is 102 cm³/mol. The number of benzene rings is 1. The van der Waals surface area contributed by atoms with Gasteiger partial charge in [-0.3, -0.25) is 0 Å². The first-order chi connectivity index (χ1) is 11.6. The summed E-state index contributed by atoms with van der Waals surface area (Å²) < 4.78 is 17.3. The van der Waals surface area contributed by atoms with Crippen molar-refractivity contribution in [2.24, 2.45) is 0 Å². The highest BCUT2D eigenvalue weighted by atomic mass is 127. The van der Waals surface area contributed by atoms with Crippen LogP contribution in [0.15, 0.2) is 28.8 Å². The van der Waals surface area contributed by atoms with Crippen LogP contribution in [-0.4, -0.2) is 24.4 Å². The van der Waals surface area contributed by atoms with E-state index in [1.165, 1.54) is 0 Å². The number of nitrogens with zero attached hydrogens (tertiary/aromatic N) is 2. The molecule has 0 bridgehead atoms. The van der Waals surface area contributed by atoms with Crippen molar-refractivity contribution in [2.45, 2.75) is 24.2 Å². The van der Waals surface area contributed by atoms with Crippen LogP contribution in [0.5, 0.6) is 11.5 Å². The van der Waals surface area contributed by atoms with Crippen LogP contribution < -0.4 is 9.47 Å². The Balaban J connectivity index is 2.25. The fraction of sp³-hybridized carbons (Fsp3) is 0.333. The van der Waals surface area contributed by atoms with Gasteiger partial charge in [0.1, 0.15) is 23.0 Å². The number of methoxy groups -OCH3 is 2. The molecule has 0 aliphatic carbocycles. The van der Waals surface area contributed by atoms with Crippen molar-refractivity contribution in [1.82, 2.24) is 10.1 Å². The zero-order valence-corrected chi connectivity index (χ0v) is 16.2. The van der Waals surface area contributed by atoms with Crippen LogP contribution in [0.25, 0.3) is 22.3 Å². The highest BCUT2D eigenvalue weighted by Gasteiger charge is 2.17. The molecule has 3 aromatic rings. The third-order valence-corrected chi connectivity index (χ3v) is 4.70. The Morgan fingerprint density at radius 3 is 2.42 bits per heavy atom. The number of hydrogen-bond donors (Lipinski definition) is 0. The minimum Gasteiger partial charge on any atom is -0.496 e. The summed E-state index contributed by atoms with van der Waals surface area (Å²) in [6.45, 7) is 4.13. The monoisotopic (exact) mass is 438 g/mol. The van der Waals surface area contributed by atoms with Crippen molar-refractivity contribution in [1.29, 1.82) is 0 Å². The van der Waals surface area contributed by atoms with Gasteiger partial charge in [0, 0.05) is 33.4 Å². The summed E-state index contributed by atoms with van der Waals surface area (Å²) in [6, 6.07) is 7.75. The third kappa shape index (κ3) is 2.94. The van der Waals surface area contributed by atoms with Crippen LogP contribution in [0.2, 0.25) is 0 Å². The van der Waals surface area contributed by atoms with Crippen LogP contribution in [0.3, 0.4) is 0 Å². The highest BCUT2D eigenvalue weighted by molar-refractivity contribution is 14.1. The van der Waals surface area contributed by atoms with Gasteiger partial charge >= 0.3 is 0 Å². The van der Waals surface area contributed by atoms with Crippen molar-refractivity contribution >= 4 is 33.5 Å². The maximum Gasteiger partial charge on any atom is 0.139 e. The number of pyridine rings is 1. The van der Waals surface area contributed by atoms with Crippen molar-refractivity contribution in [3.8, 4) is 22.9 Å². The molecule has 2 aromatic heterocycles. The molecule has 0 radical (unpaired) electrons. The number of aromatic nitrogens is 2. The van der Waals surface area contributed by atoms with Gasteiger partial charge in [-0.2, -0.15) is 0 Å². The van der Waals surface area contributed by atoms with E-state index >= 15 is 0 Å².